The molecule has 0 unspecified atom stereocenters. The summed E-state index contributed by atoms with van der Waals surface area (Å²) in [5, 5.41) is 8.98. The molecule has 2 aromatic rings. The Morgan fingerprint density at radius 1 is 1.54 bits per heavy atom. The molecule has 0 radical (unpaired) electrons. The smallest absolute Gasteiger partial charge is 0.138 e. The van der Waals surface area contributed by atoms with Crippen LogP contribution in [0.2, 0.25) is 0 Å². The molecule has 0 amide bonds. The average molecular weight is 241 g/mol. The third-order valence-corrected chi connectivity index (χ3v) is 2.76. The van der Waals surface area contributed by atoms with Crippen molar-refractivity contribution in [3.8, 4) is 0 Å². The predicted molar refractivity (Wildman–Crippen MR) is 53.6 cm³/mol. The van der Waals surface area contributed by atoms with E-state index in [1.165, 1.54) is 0 Å². The fraction of sp³-hybridized carbons (Fsp3) is 0.222. The number of aliphatic hydroxyl groups is 1. The number of hydrogen-bond acceptors (Lipinski definition) is 2. The normalized spacial score (nSPS) is 11.0. The average Bonchev–Trinajstić information content (AvgIpc) is 2.44. The Balaban J connectivity index is 2.77. The minimum Gasteiger partial charge on any atom is -0.390 e. The molecule has 2 heterocycles. The molecule has 0 aliphatic rings. The van der Waals surface area contributed by atoms with Crippen LogP contribution < -0.4 is 0 Å². The van der Waals surface area contributed by atoms with E-state index in [2.05, 4.69) is 20.9 Å². The molecule has 2 aromatic heterocycles. The molecule has 0 saturated carbocycles. The van der Waals surface area contributed by atoms with Crippen molar-refractivity contribution in [2.45, 2.75) is 13.5 Å². The maximum absolute atomic E-state index is 8.98. The Hall–Kier alpha value is -0.870. The summed E-state index contributed by atoms with van der Waals surface area (Å²) in [5.74, 6) is 0. The fourth-order valence-electron chi connectivity index (χ4n) is 1.27. The van der Waals surface area contributed by atoms with Crippen molar-refractivity contribution in [3.05, 3.63) is 34.2 Å². The molecule has 0 bridgehead atoms. The van der Waals surface area contributed by atoms with Crippen molar-refractivity contribution >= 4 is 21.6 Å². The molecule has 2 rings (SSSR count). The van der Waals surface area contributed by atoms with E-state index in [0.717, 1.165) is 15.8 Å². The summed E-state index contributed by atoms with van der Waals surface area (Å²) in [4.78, 5) is 4.24. The first kappa shape index (κ1) is 8.72. The first-order valence-electron chi connectivity index (χ1n) is 3.96. The highest BCUT2D eigenvalue weighted by Crippen LogP contribution is 2.19. The first-order valence-corrected chi connectivity index (χ1v) is 4.75. The van der Waals surface area contributed by atoms with Crippen molar-refractivity contribution in [2.24, 2.45) is 0 Å². The van der Waals surface area contributed by atoms with Gasteiger partial charge >= 0.3 is 0 Å². The Bertz CT molecular complexity index is 450. The molecule has 0 spiro atoms. The van der Waals surface area contributed by atoms with Crippen molar-refractivity contribution in [3.63, 3.8) is 0 Å². The molecule has 0 aliphatic carbocycles. The number of nitrogens with zero attached hydrogens (tertiary/aromatic N) is 2. The summed E-state index contributed by atoms with van der Waals surface area (Å²) in [6, 6.07) is 3.93. The van der Waals surface area contributed by atoms with Gasteiger partial charge in [0, 0.05) is 6.20 Å². The van der Waals surface area contributed by atoms with Gasteiger partial charge < -0.3 is 5.11 Å². The van der Waals surface area contributed by atoms with Crippen molar-refractivity contribution < 1.29 is 5.11 Å². The number of fused-ring (bicyclic) bond motifs is 1. The van der Waals surface area contributed by atoms with E-state index in [4.69, 9.17) is 5.11 Å². The highest BCUT2D eigenvalue weighted by atomic mass is 79.9. The molecule has 0 saturated heterocycles. The maximum atomic E-state index is 8.98. The second-order valence-corrected chi connectivity index (χ2v) is 3.69. The lowest BCUT2D eigenvalue weighted by Gasteiger charge is -1.96. The Labute approximate surface area is 84.2 Å². The summed E-state index contributed by atoms with van der Waals surface area (Å²) in [5.41, 5.74) is 2.68. The van der Waals surface area contributed by atoms with Crippen LogP contribution in [0.25, 0.3) is 5.65 Å². The second-order valence-electron chi connectivity index (χ2n) is 2.94. The molecule has 0 aromatic carbocycles. The second kappa shape index (κ2) is 3.12. The van der Waals surface area contributed by atoms with Gasteiger partial charge in [0.1, 0.15) is 10.3 Å². The number of pyridine rings is 1. The number of halogens is 1. The van der Waals surface area contributed by atoms with Crippen LogP contribution in [-0.2, 0) is 6.61 Å². The van der Waals surface area contributed by atoms with E-state index in [1.54, 1.807) is 0 Å². The molecule has 0 fully saturated rings. The van der Waals surface area contributed by atoms with Gasteiger partial charge in [-0.15, -0.1) is 0 Å². The van der Waals surface area contributed by atoms with Crippen LogP contribution in [0, 0.1) is 6.92 Å². The van der Waals surface area contributed by atoms with Crippen molar-refractivity contribution in [1.82, 2.24) is 9.38 Å². The standard InChI is InChI=1S/C9H9BrN2O/c1-6-2-3-8-11-7(5-13)9(10)12(8)4-6/h2-4,13H,5H2,1H3. The zero-order valence-corrected chi connectivity index (χ0v) is 8.74. The van der Waals surface area contributed by atoms with Gasteiger partial charge in [-0.3, -0.25) is 4.40 Å². The summed E-state index contributed by atoms with van der Waals surface area (Å²) in [6.45, 7) is 1.98. The SMILES string of the molecule is Cc1ccc2nc(CO)c(Br)n2c1. The zero-order chi connectivity index (χ0) is 9.42. The topological polar surface area (TPSA) is 37.5 Å². The summed E-state index contributed by atoms with van der Waals surface area (Å²) >= 11 is 3.39. The lowest BCUT2D eigenvalue weighted by molar-refractivity contribution is 0.276. The van der Waals surface area contributed by atoms with Gasteiger partial charge in [-0.05, 0) is 34.5 Å². The number of rotatable bonds is 1. The van der Waals surface area contributed by atoms with E-state index in [0.29, 0.717) is 5.69 Å². The van der Waals surface area contributed by atoms with E-state index in [1.807, 2.05) is 29.7 Å². The number of aryl methyl sites for hydroxylation is 1. The van der Waals surface area contributed by atoms with Gasteiger partial charge in [-0.25, -0.2) is 4.98 Å². The molecule has 0 atom stereocenters. The first-order chi connectivity index (χ1) is 6.22. The van der Waals surface area contributed by atoms with Crippen LogP contribution in [0.3, 0.4) is 0 Å². The van der Waals surface area contributed by atoms with Gasteiger partial charge in [-0.1, -0.05) is 6.07 Å². The zero-order valence-electron chi connectivity index (χ0n) is 7.16. The predicted octanol–water partition coefficient (Wildman–Crippen LogP) is 1.90. The summed E-state index contributed by atoms with van der Waals surface area (Å²) in [7, 11) is 0. The van der Waals surface area contributed by atoms with Crippen LogP contribution >= 0.6 is 15.9 Å². The molecule has 0 aliphatic heterocycles. The Morgan fingerprint density at radius 3 is 3.00 bits per heavy atom. The molecule has 1 N–H and O–H groups in total. The van der Waals surface area contributed by atoms with Crippen molar-refractivity contribution in [2.75, 3.05) is 0 Å². The monoisotopic (exact) mass is 240 g/mol. The van der Waals surface area contributed by atoms with Crippen LogP contribution in [-0.4, -0.2) is 14.5 Å². The van der Waals surface area contributed by atoms with Gasteiger partial charge in [0.15, 0.2) is 0 Å². The van der Waals surface area contributed by atoms with E-state index < -0.39 is 0 Å². The lowest BCUT2D eigenvalue weighted by Crippen LogP contribution is -1.86. The summed E-state index contributed by atoms with van der Waals surface area (Å²) in [6.07, 6.45) is 1.98. The molecule has 4 heteroatoms. The molecular weight excluding hydrogens is 232 g/mol. The van der Waals surface area contributed by atoms with Crippen LogP contribution in [0.4, 0.5) is 0 Å². The van der Waals surface area contributed by atoms with Crippen LogP contribution in [0.1, 0.15) is 11.3 Å². The largest absolute Gasteiger partial charge is 0.390 e. The number of aromatic nitrogens is 2. The molecule has 68 valence electrons. The number of aliphatic hydroxyl groups excluding tert-OH is 1. The quantitative estimate of drug-likeness (QED) is 0.827. The Kier molecular flexibility index (Phi) is 2.09. The van der Waals surface area contributed by atoms with Crippen LogP contribution in [0.15, 0.2) is 22.9 Å². The van der Waals surface area contributed by atoms with Gasteiger partial charge in [0.25, 0.3) is 0 Å². The third-order valence-electron chi connectivity index (χ3n) is 1.92. The highest BCUT2D eigenvalue weighted by Gasteiger charge is 2.07. The number of imidazole rings is 1. The third kappa shape index (κ3) is 1.36. The Morgan fingerprint density at radius 2 is 2.31 bits per heavy atom. The molecular formula is C9H9BrN2O. The maximum Gasteiger partial charge on any atom is 0.138 e. The van der Waals surface area contributed by atoms with Gasteiger partial charge in [0.2, 0.25) is 0 Å². The van der Waals surface area contributed by atoms with Crippen molar-refractivity contribution in [1.29, 1.82) is 0 Å². The summed E-state index contributed by atoms with van der Waals surface area (Å²) < 4.78 is 2.75. The van der Waals surface area contributed by atoms with Gasteiger partial charge in [-0.2, -0.15) is 0 Å². The van der Waals surface area contributed by atoms with E-state index in [-0.39, 0.29) is 6.61 Å². The lowest BCUT2D eigenvalue weighted by atomic mass is 10.3. The van der Waals surface area contributed by atoms with E-state index in [9.17, 15) is 0 Å². The minimum absolute atomic E-state index is 0.0404. The highest BCUT2D eigenvalue weighted by molar-refractivity contribution is 9.10. The molecule has 3 nitrogen and oxygen atoms in total. The van der Waals surface area contributed by atoms with E-state index >= 15 is 0 Å². The van der Waals surface area contributed by atoms with Gasteiger partial charge in [0.05, 0.1) is 12.3 Å². The number of hydrogen-bond donors (Lipinski definition) is 1. The van der Waals surface area contributed by atoms with Crippen LogP contribution in [0.5, 0.6) is 0 Å². The fourth-order valence-corrected chi connectivity index (χ4v) is 1.77. The molecule has 13 heavy (non-hydrogen) atoms. The minimum atomic E-state index is -0.0404.